The standard InChI is InChI=1S/C19H23N3O4S2/c1-11-15(28-17(20-11)14-9-6-10-27-14)18(24)26-12(2)16(23)22-19(25)21-13-7-4-3-5-8-13/h6,9-10,12-13H,3-5,7-8H2,1-2H3,(H2,21,22,23,25). The largest absolute Gasteiger partial charge is 0.448 e. The number of nitrogens with zero attached hydrogens (tertiary/aromatic N) is 1. The fourth-order valence-corrected chi connectivity index (χ4v) is 4.79. The fourth-order valence-electron chi connectivity index (χ4n) is 3.04. The maximum Gasteiger partial charge on any atom is 0.351 e. The van der Waals surface area contributed by atoms with Crippen LogP contribution in [0.1, 0.15) is 54.4 Å². The maximum absolute atomic E-state index is 12.4. The minimum Gasteiger partial charge on any atom is -0.448 e. The summed E-state index contributed by atoms with van der Waals surface area (Å²) in [4.78, 5) is 42.3. The van der Waals surface area contributed by atoms with Gasteiger partial charge >= 0.3 is 12.0 Å². The Morgan fingerprint density at radius 1 is 1.25 bits per heavy atom. The average Bonchev–Trinajstić information content (AvgIpc) is 3.31. The van der Waals surface area contributed by atoms with Crippen molar-refractivity contribution in [3.05, 3.63) is 28.1 Å². The Balaban J connectivity index is 1.53. The molecule has 0 aliphatic heterocycles. The molecule has 3 rings (SSSR count). The van der Waals surface area contributed by atoms with Crippen molar-refractivity contribution in [3.8, 4) is 9.88 Å². The van der Waals surface area contributed by atoms with E-state index in [1.54, 1.807) is 6.92 Å². The van der Waals surface area contributed by atoms with Gasteiger partial charge in [0.25, 0.3) is 5.91 Å². The molecule has 150 valence electrons. The average molecular weight is 422 g/mol. The minimum atomic E-state index is -1.09. The van der Waals surface area contributed by atoms with Crippen molar-refractivity contribution in [2.45, 2.75) is 58.1 Å². The Hall–Kier alpha value is -2.26. The van der Waals surface area contributed by atoms with Crippen molar-refractivity contribution < 1.29 is 19.1 Å². The fraction of sp³-hybridized carbons (Fsp3) is 0.474. The zero-order valence-electron chi connectivity index (χ0n) is 15.8. The number of imide groups is 1. The van der Waals surface area contributed by atoms with Crippen LogP contribution >= 0.6 is 22.7 Å². The lowest BCUT2D eigenvalue weighted by molar-refractivity contribution is -0.127. The molecule has 0 bridgehead atoms. The van der Waals surface area contributed by atoms with E-state index in [2.05, 4.69) is 15.6 Å². The third-order valence-electron chi connectivity index (χ3n) is 4.54. The normalized spacial score (nSPS) is 15.6. The van der Waals surface area contributed by atoms with E-state index in [0.717, 1.165) is 35.6 Å². The van der Waals surface area contributed by atoms with Gasteiger partial charge in [-0.1, -0.05) is 25.3 Å². The summed E-state index contributed by atoms with van der Waals surface area (Å²) in [6.45, 7) is 3.17. The van der Waals surface area contributed by atoms with Crippen LogP contribution in [0.2, 0.25) is 0 Å². The van der Waals surface area contributed by atoms with E-state index >= 15 is 0 Å². The molecule has 1 fully saturated rings. The predicted molar refractivity (Wildman–Crippen MR) is 109 cm³/mol. The maximum atomic E-state index is 12.4. The number of carbonyl (C=O) groups excluding carboxylic acids is 3. The smallest absolute Gasteiger partial charge is 0.351 e. The van der Waals surface area contributed by atoms with Gasteiger partial charge in [0.05, 0.1) is 10.6 Å². The van der Waals surface area contributed by atoms with Crippen LogP contribution in [0.3, 0.4) is 0 Å². The Labute approximate surface area is 171 Å². The molecular weight excluding hydrogens is 398 g/mol. The van der Waals surface area contributed by atoms with Gasteiger partial charge < -0.3 is 10.1 Å². The van der Waals surface area contributed by atoms with E-state index in [4.69, 9.17) is 4.74 Å². The minimum absolute atomic E-state index is 0.0925. The molecule has 1 saturated carbocycles. The predicted octanol–water partition coefficient (Wildman–Crippen LogP) is 3.88. The number of esters is 1. The van der Waals surface area contributed by atoms with Crippen LogP contribution in [0, 0.1) is 6.92 Å². The number of aryl methyl sites for hydroxylation is 1. The molecule has 1 atom stereocenters. The van der Waals surface area contributed by atoms with Crippen LogP contribution in [0.4, 0.5) is 4.79 Å². The molecule has 9 heteroatoms. The van der Waals surface area contributed by atoms with E-state index in [9.17, 15) is 14.4 Å². The monoisotopic (exact) mass is 421 g/mol. The lowest BCUT2D eigenvalue weighted by atomic mass is 9.96. The number of carbonyl (C=O) groups is 3. The van der Waals surface area contributed by atoms with E-state index < -0.39 is 24.0 Å². The van der Waals surface area contributed by atoms with Crippen LogP contribution in [0.15, 0.2) is 17.5 Å². The third kappa shape index (κ3) is 5.17. The van der Waals surface area contributed by atoms with Crippen LogP contribution in [0.25, 0.3) is 9.88 Å². The van der Waals surface area contributed by atoms with Crippen LogP contribution in [-0.4, -0.2) is 35.0 Å². The molecule has 0 aromatic carbocycles. The van der Waals surface area contributed by atoms with Gasteiger partial charge in [-0.3, -0.25) is 10.1 Å². The highest BCUT2D eigenvalue weighted by molar-refractivity contribution is 7.22. The number of nitrogens with one attached hydrogen (secondary N) is 2. The number of hydrogen-bond acceptors (Lipinski definition) is 7. The summed E-state index contributed by atoms with van der Waals surface area (Å²) in [7, 11) is 0. The van der Waals surface area contributed by atoms with Crippen LogP contribution in [0.5, 0.6) is 0 Å². The second-order valence-electron chi connectivity index (χ2n) is 6.76. The van der Waals surface area contributed by atoms with Crippen LogP contribution in [-0.2, 0) is 9.53 Å². The van der Waals surface area contributed by atoms with Gasteiger partial charge in [0.1, 0.15) is 9.88 Å². The topological polar surface area (TPSA) is 97.4 Å². The number of urea groups is 1. The summed E-state index contributed by atoms with van der Waals surface area (Å²) in [5.41, 5.74) is 0.557. The Morgan fingerprint density at radius 3 is 2.68 bits per heavy atom. The molecule has 2 aromatic heterocycles. The molecule has 1 aliphatic rings. The van der Waals surface area contributed by atoms with E-state index in [1.807, 2.05) is 17.5 Å². The molecule has 2 aromatic rings. The van der Waals surface area contributed by atoms with Gasteiger partial charge in [0.2, 0.25) is 0 Å². The second kappa shape index (κ2) is 9.29. The SMILES string of the molecule is Cc1nc(-c2cccs2)sc1C(=O)OC(C)C(=O)NC(=O)NC1CCCCC1. The molecular formula is C19H23N3O4S2. The molecule has 2 N–H and O–H groups in total. The highest BCUT2D eigenvalue weighted by Gasteiger charge is 2.25. The first-order valence-electron chi connectivity index (χ1n) is 9.27. The summed E-state index contributed by atoms with van der Waals surface area (Å²) < 4.78 is 5.24. The molecule has 0 saturated heterocycles. The van der Waals surface area contributed by atoms with Crippen molar-refractivity contribution in [2.24, 2.45) is 0 Å². The van der Waals surface area contributed by atoms with Crippen molar-refractivity contribution in [2.75, 3.05) is 0 Å². The summed E-state index contributed by atoms with van der Waals surface area (Å²) in [5.74, 6) is -1.27. The summed E-state index contributed by atoms with van der Waals surface area (Å²) >= 11 is 2.77. The molecule has 0 radical (unpaired) electrons. The molecule has 2 heterocycles. The zero-order valence-corrected chi connectivity index (χ0v) is 17.5. The van der Waals surface area contributed by atoms with Crippen molar-refractivity contribution in [1.29, 1.82) is 0 Å². The van der Waals surface area contributed by atoms with Crippen molar-refractivity contribution >= 4 is 40.6 Å². The quantitative estimate of drug-likeness (QED) is 0.714. The van der Waals surface area contributed by atoms with Gasteiger partial charge in [0.15, 0.2) is 6.10 Å². The highest BCUT2D eigenvalue weighted by Crippen LogP contribution is 2.31. The third-order valence-corrected chi connectivity index (χ3v) is 6.72. The Bertz CT molecular complexity index is 841. The zero-order chi connectivity index (χ0) is 20.1. The molecule has 1 aliphatic carbocycles. The summed E-state index contributed by atoms with van der Waals surface area (Å²) in [6.07, 6.45) is 4.09. The number of amides is 3. The van der Waals surface area contributed by atoms with Gasteiger partial charge in [-0.25, -0.2) is 14.6 Å². The van der Waals surface area contributed by atoms with E-state index in [-0.39, 0.29) is 6.04 Å². The van der Waals surface area contributed by atoms with Crippen molar-refractivity contribution in [1.82, 2.24) is 15.6 Å². The van der Waals surface area contributed by atoms with E-state index in [0.29, 0.717) is 10.6 Å². The molecule has 1 unspecified atom stereocenters. The first-order valence-corrected chi connectivity index (χ1v) is 11.0. The lowest BCUT2D eigenvalue weighted by Crippen LogP contribution is -2.48. The highest BCUT2D eigenvalue weighted by atomic mass is 32.1. The number of ether oxygens (including phenoxy) is 1. The Morgan fingerprint density at radius 2 is 2.00 bits per heavy atom. The number of rotatable bonds is 5. The van der Waals surface area contributed by atoms with Crippen LogP contribution < -0.4 is 10.6 Å². The van der Waals surface area contributed by atoms with E-state index in [1.165, 1.54) is 36.0 Å². The first kappa shape index (κ1) is 20.5. The molecule has 28 heavy (non-hydrogen) atoms. The second-order valence-corrected chi connectivity index (χ2v) is 8.70. The molecule has 3 amide bonds. The molecule has 0 spiro atoms. The van der Waals surface area contributed by atoms with Gasteiger partial charge in [-0.2, -0.15) is 0 Å². The number of hydrogen-bond donors (Lipinski definition) is 2. The van der Waals surface area contributed by atoms with Gasteiger partial charge in [-0.05, 0) is 38.1 Å². The summed E-state index contributed by atoms with van der Waals surface area (Å²) in [6, 6.07) is 3.39. The number of thiophene rings is 1. The summed E-state index contributed by atoms with van der Waals surface area (Å²) in [5, 5.41) is 7.73. The number of thiazole rings is 1. The van der Waals surface area contributed by atoms with Gasteiger partial charge in [0, 0.05) is 6.04 Å². The van der Waals surface area contributed by atoms with Gasteiger partial charge in [-0.15, -0.1) is 22.7 Å². The first-order chi connectivity index (χ1) is 13.4. The molecule has 7 nitrogen and oxygen atoms in total. The number of aromatic nitrogens is 1. The lowest BCUT2D eigenvalue weighted by Gasteiger charge is -2.23. The Kier molecular flexibility index (Phi) is 6.79. The van der Waals surface area contributed by atoms with Crippen molar-refractivity contribution in [3.63, 3.8) is 0 Å².